The van der Waals surface area contributed by atoms with Gasteiger partial charge in [-0.2, -0.15) is 4.58 Å². The quantitative estimate of drug-likeness (QED) is 0.295. The zero-order chi connectivity index (χ0) is 28.2. The Morgan fingerprint density at radius 2 is 1.62 bits per heavy atom. The number of allylic oxidation sites excluding steroid dienone is 8. The number of hydrogen-bond donors (Lipinski definition) is 0. The van der Waals surface area contributed by atoms with E-state index in [2.05, 4.69) is 136 Å². The van der Waals surface area contributed by atoms with Gasteiger partial charge in [-0.15, -0.1) is 0 Å². The molecule has 3 heteroatoms. The highest BCUT2D eigenvalue weighted by atomic mass is 35.5. The predicted molar refractivity (Wildman–Crippen MR) is 172 cm³/mol. The number of para-hydroxylation sites is 1. The summed E-state index contributed by atoms with van der Waals surface area (Å²) in [5.41, 5.74) is 10.4. The molecule has 0 atom stereocenters. The molecule has 0 radical (unpaired) electrons. The first kappa shape index (κ1) is 26.8. The molecule has 0 bridgehead atoms. The summed E-state index contributed by atoms with van der Waals surface area (Å²) in [5, 5.41) is 3.57. The molecule has 1 aliphatic carbocycles. The van der Waals surface area contributed by atoms with Crippen LogP contribution in [0.15, 0.2) is 107 Å². The standard InChI is InChI=1S/C37H40ClN2/c1-7-40-31-22-19-25-13-8-9-16-28(25)34(31)37(4,5)33(40)24-21-27-15-12-14-26(35(27)38)20-23-32-36(2,3)29-17-10-11-18-30(29)39(32)6/h8-11,13,16-24H,7,12,14-15H2,1-6H3/q+1. The molecule has 0 fully saturated rings. The van der Waals surface area contributed by atoms with Gasteiger partial charge in [0.25, 0.3) is 0 Å². The third-order valence-corrected chi connectivity index (χ3v) is 9.84. The fourth-order valence-electron chi connectivity index (χ4n) is 7.24. The van der Waals surface area contributed by atoms with Crippen LogP contribution in [-0.4, -0.2) is 23.9 Å². The van der Waals surface area contributed by atoms with Crippen LogP contribution in [0.25, 0.3) is 10.8 Å². The van der Waals surface area contributed by atoms with Gasteiger partial charge in [0.1, 0.15) is 7.05 Å². The molecule has 0 saturated heterocycles. The molecule has 3 aromatic carbocycles. The van der Waals surface area contributed by atoms with Gasteiger partial charge >= 0.3 is 0 Å². The normalized spacial score (nSPS) is 21.8. The highest BCUT2D eigenvalue weighted by Gasteiger charge is 2.43. The lowest BCUT2D eigenvalue weighted by Crippen LogP contribution is -2.26. The highest BCUT2D eigenvalue weighted by molar-refractivity contribution is 6.32. The number of halogens is 1. The average Bonchev–Trinajstić information content (AvgIpc) is 3.29. The Kier molecular flexibility index (Phi) is 6.66. The van der Waals surface area contributed by atoms with Crippen molar-refractivity contribution in [1.82, 2.24) is 0 Å². The number of likely N-dealkylation sites (N-methyl/N-ethyl adjacent to an activating group) is 1. The molecule has 0 spiro atoms. The predicted octanol–water partition coefficient (Wildman–Crippen LogP) is 9.71. The van der Waals surface area contributed by atoms with Crippen molar-refractivity contribution in [2.24, 2.45) is 0 Å². The van der Waals surface area contributed by atoms with Gasteiger partial charge in [-0.3, -0.25) is 0 Å². The maximum atomic E-state index is 7.12. The molecule has 2 heterocycles. The summed E-state index contributed by atoms with van der Waals surface area (Å²) in [5.74, 6) is 0. The van der Waals surface area contributed by atoms with Crippen LogP contribution in [0.2, 0.25) is 0 Å². The first-order valence-electron chi connectivity index (χ1n) is 14.6. The summed E-state index contributed by atoms with van der Waals surface area (Å²) < 4.78 is 2.33. The Hall–Kier alpha value is -3.36. The molecule has 0 amide bonds. The number of benzene rings is 3. The van der Waals surface area contributed by atoms with E-state index < -0.39 is 0 Å². The van der Waals surface area contributed by atoms with Crippen LogP contribution in [0.1, 0.15) is 65.0 Å². The van der Waals surface area contributed by atoms with Crippen LogP contribution in [0, 0.1) is 0 Å². The van der Waals surface area contributed by atoms with Gasteiger partial charge in [-0.25, -0.2) is 0 Å². The van der Waals surface area contributed by atoms with Crippen LogP contribution in [0.3, 0.4) is 0 Å². The van der Waals surface area contributed by atoms with Crippen molar-refractivity contribution < 1.29 is 4.58 Å². The molecule has 0 saturated carbocycles. The molecular weight excluding hydrogens is 508 g/mol. The van der Waals surface area contributed by atoms with Crippen LogP contribution in [0.5, 0.6) is 0 Å². The first-order chi connectivity index (χ1) is 19.2. The Morgan fingerprint density at radius 1 is 0.875 bits per heavy atom. The van der Waals surface area contributed by atoms with Gasteiger partial charge in [0.05, 0.1) is 5.41 Å². The van der Waals surface area contributed by atoms with E-state index in [1.54, 1.807) is 0 Å². The monoisotopic (exact) mass is 547 g/mol. The minimum absolute atomic E-state index is 0.0382. The third-order valence-electron chi connectivity index (χ3n) is 9.35. The summed E-state index contributed by atoms with van der Waals surface area (Å²) in [6, 6.07) is 22.0. The Morgan fingerprint density at radius 3 is 2.40 bits per heavy atom. The maximum Gasteiger partial charge on any atom is 0.209 e. The van der Waals surface area contributed by atoms with Crippen molar-refractivity contribution in [2.45, 2.75) is 64.7 Å². The largest absolute Gasteiger partial charge is 0.344 e. The molecule has 0 aromatic heterocycles. The minimum atomic E-state index is -0.0961. The number of rotatable bonds is 4. The van der Waals surface area contributed by atoms with E-state index in [4.69, 9.17) is 11.6 Å². The summed E-state index contributed by atoms with van der Waals surface area (Å²) >= 11 is 7.12. The van der Waals surface area contributed by atoms with Crippen molar-refractivity contribution in [3.05, 3.63) is 118 Å². The molecule has 6 rings (SSSR count). The SMILES string of the molecule is CCN1/C(=C/C=C2\CCCC(/C=C/C3=[N+](C)c4ccccc4C3(C)C)=C2Cl)C(C)(C)c2c1ccc1ccccc21. The lowest BCUT2D eigenvalue weighted by Gasteiger charge is -2.26. The molecule has 3 aromatic rings. The fourth-order valence-corrected chi connectivity index (χ4v) is 7.56. The zero-order valence-electron chi connectivity index (χ0n) is 24.7. The topological polar surface area (TPSA) is 6.25 Å². The summed E-state index contributed by atoms with van der Waals surface area (Å²) in [7, 11) is 2.17. The second-order valence-electron chi connectivity index (χ2n) is 12.4. The van der Waals surface area contributed by atoms with Gasteiger partial charge in [0, 0.05) is 46.1 Å². The second kappa shape index (κ2) is 9.93. The molecule has 40 heavy (non-hydrogen) atoms. The molecule has 2 aliphatic heterocycles. The Labute approximate surface area is 244 Å². The maximum absolute atomic E-state index is 7.12. The zero-order valence-corrected chi connectivity index (χ0v) is 25.4. The summed E-state index contributed by atoms with van der Waals surface area (Å²) in [6.45, 7) is 12.5. The lowest BCUT2D eigenvalue weighted by atomic mass is 9.80. The smallest absolute Gasteiger partial charge is 0.209 e. The van der Waals surface area contributed by atoms with E-state index >= 15 is 0 Å². The van der Waals surface area contributed by atoms with Gasteiger partial charge in [0.15, 0.2) is 5.71 Å². The van der Waals surface area contributed by atoms with Crippen molar-refractivity contribution in [2.75, 3.05) is 18.5 Å². The van der Waals surface area contributed by atoms with Crippen LogP contribution in [0.4, 0.5) is 11.4 Å². The average molecular weight is 548 g/mol. The van der Waals surface area contributed by atoms with E-state index in [0.717, 1.165) is 30.8 Å². The Balaban J connectivity index is 1.35. The number of anilines is 1. The third kappa shape index (κ3) is 4.11. The van der Waals surface area contributed by atoms with Gasteiger partial charge < -0.3 is 4.90 Å². The van der Waals surface area contributed by atoms with Crippen LogP contribution >= 0.6 is 11.6 Å². The van der Waals surface area contributed by atoms with E-state index in [1.807, 2.05) is 0 Å². The van der Waals surface area contributed by atoms with E-state index in [1.165, 1.54) is 55.8 Å². The van der Waals surface area contributed by atoms with Crippen molar-refractivity contribution in [3.63, 3.8) is 0 Å². The summed E-state index contributed by atoms with van der Waals surface area (Å²) in [4.78, 5) is 2.48. The minimum Gasteiger partial charge on any atom is -0.344 e. The fraction of sp³-hybridized carbons (Fsp3) is 0.324. The summed E-state index contributed by atoms with van der Waals surface area (Å²) in [6.07, 6.45) is 12.3. The van der Waals surface area contributed by atoms with Crippen molar-refractivity contribution in [1.29, 1.82) is 0 Å². The number of hydrogen-bond acceptors (Lipinski definition) is 1. The van der Waals surface area contributed by atoms with Gasteiger partial charge in [0.2, 0.25) is 5.69 Å². The van der Waals surface area contributed by atoms with Gasteiger partial charge in [-0.05, 0) is 79.7 Å². The van der Waals surface area contributed by atoms with Crippen molar-refractivity contribution >= 4 is 39.5 Å². The highest BCUT2D eigenvalue weighted by Crippen LogP contribution is 2.50. The van der Waals surface area contributed by atoms with E-state index in [-0.39, 0.29) is 10.8 Å². The second-order valence-corrected chi connectivity index (χ2v) is 12.8. The van der Waals surface area contributed by atoms with Crippen molar-refractivity contribution in [3.8, 4) is 0 Å². The Bertz CT molecular complexity index is 1680. The lowest BCUT2D eigenvalue weighted by molar-refractivity contribution is -0.401. The van der Waals surface area contributed by atoms with E-state index in [0.29, 0.717) is 0 Å². The molecule has 2 nitrogen and oxygen atoms in total. The molecule has 3 aliphatic rings. The first-order valence-corrected chi connectivity index (χ1v) is 15.0. The molecule has 0 N–H and O–H groups in total. The van der Waals surface area contributed by atoms with Crippen LogP contribution in [-0.2, 0) is 10.8 Å². The number of fused-ring (bicyclic) bond motifs is 4. The molecular formula is C37H40ClN2+. The van der Waals surface area contributed by atoms with Crippen LogP contribution < -0.4 is 4.90 Å². The molecule has 0 unspecified atom stereocenters. The van der Waals surface area contributed by atoms with E-state index in [9.17, 15) is 0 Å². The van der Waals surface area contributed by atoms with Gasteiger partial charge in [-0.1, -0.05) is 86.1 Å². The molecule has 204 valence electrons. The number of nitrogens with zero attached hydrogens (tertiary/aromatic N) is 2.